The average Bonchev–Trinajstić information content (AvgIpc) is 2.54. The molecule has 0 aromatic heterocycles. The van der Waals surface area contributed by atoms with E-state index >= 15 is 0 Å². The number of carbonyl (C=O) groups is 2. The molecule has 18 heavy (non-hydrogen) atoms. The zero-order chi connectivity index (χ0) is 13.4. The number of nitrogens with two attached hydrogens (primary N) is 1. The van der Waals surface area contributed by atoms with Gasteiger partial charge in [0.25, 0.3) is 11.7 Å². The number of nitrogens with zero attached hydrogens (tertiary/aromatic N) is 1. The van der Waals surface area contributed by atoms with Gasteiger partial charge in [0.15, 0.2) is 0 Å². The van der Waals surface area contributed by atoms with Crippen LogP contribution >= 0.6 is 15.9 Å². The molecule has 2 N–H and O–H groups in total. The Kier molecular flexibility index (Phi) is 3.36. The van der Waals surface area contributed by atoms with Crippen LogP contribution in [0.1, 0.15) is 15.9 Å². The van der Waals surface area contributed by atoms with Crippen LogP contribution in [-0.2, 0) is 4.79 Å². The van der Waals surface area contributed by atoms with Gasteiger partial charge in [-0.2, -0.15) is 0 Å². The fourth-order valence-corrected chi connectivity index (χ4v) is 2.62. The number of aryl methyl sites for hydroxylation is 1. The van der Waals surface area contributed by atoms with Crippen molar-refractivity contribution in [3.05, 3.63) is 39.9 Å². The van der Waals surface area contributed by atoms with E-state index in [4.69, 9.17) is 5.73 Å². The molecule has 1 amide bonds. The maximum atomic E-state index is 12.0. The van der Waals surface area contributed by atoms with Gasteiger partial charge in [-0.25, -0.2) is 0 Å². The molecule has 1 aromatic rings. The first kappa shape index (κ1) is 13.0. The monoisotopic (exact) mass is 308 g/mol. The number of rotatable bonds is 3. The van der Waals surface area contributed by atoms with Crippen LogP contribution in [0.25, 0.3) is 0 Å². The number of halogens is 1. The minimum atomic E-state index is -0.513. The predicted molar refractivity (Wildman–Crippen MR) is 73.8 cm³/mol. The molecule has 0 atom stereocenters. The Morgan fingerprint density at radius 1 is 1.44 bits per heavy atom. The highest BCUT2D eigenvalue weighted by atomic mass is 79.9. The zero-order valence-corrected chi connectivity index (χ0v) is 11.6. The molecular formula is C13H13BrN2O2. The van der Waals surface area contributed by atoms with Crippen molar-refractivity contribution in [2.75, 3.05) is 18.0 Å². The molecule has 1 heterocycles. The Hall–Kier alpha value is -1.46. The third-order valence-corrected chi connectivity index (χ3v) is 3.35. The van der Waals surface area contributed by atoms with E-state index in [0.717, 1.165) is 10.0 Å². The van der Waals surface area contributed by atoms with Crippen LogP contribution in [0, 0.1) is 6.92 Å². The molecule has 0 radical (unpaired) electrons. The lowest BCUT2D eigenvalue weighted by Gasteiger charge is -2.19. The van der Waals surface area contributed by atoms with Crippen molar-refractivity contribution in [1.82, 2.24) is 0 Å². The first-order valence-electron chi connectivity index (χ1n) is 5.48. The van der Waals surface area contributed by atoms with Gasteiger partial charge in [0.1, 0.15) is 0 Å². The maximum absolute atomic E-state index is 12.0. The summed E-state index contributed by atoms with van der Waals surface area (Å²) >= 11 is 3.33. The van der Waals surface area contributed by atoms with Crippen LogP contribution in [0.2, 0.25) is 0 Å². The number of Topliss-reactive ketones (excluding diaryl/α,β-unsaturated/α-hetero) is 1. The third kappa shape index (κ3) is 2.00. The van der Waals surface area contributed by atoms with E-state index in [1.807, 2.05) is 13.0 Å². The smallest absolute Gasteiger partial charge is 0.299 e. The largest absolute Gasteiger partial charge is 0.327 e. The molecule has 0 aliphatic carbocycles. The summed E-state index contributed by atoms with van der Waals surface area (Å²) in [6, 6.07) is 3.55. The van der Waals surface area contributed by atoms with E-state index in [1.54, 1.807) is 6.07 Å². The first-order valence-corrected chi connectivity index (χ1v) is 6.28. The molecular weight excluding hydrogens is 296 g/mol. The number of hydrogen-bond acceptors (Lipinski definition) is 3. The highest BCUT2D eigenvalue weighted by molar-refractivity contribution is 9.10. The van der Waals surface area contributed by atoms with Gasteiger partial charge >= 0.3 is 0 Å². The summed E-state index contributed by atoms with van der Waals surface area (Å²) in [7, 11) is 0. The lowest BCUT2D eigenvalue weighted by molar-refractivity contribution is -0.114. The van der Waals surface area contributed by atoms with Gasteiger partial charge in [0, 0.05) is 17.6 Å². The Morgan fingerprint density at radius 2 is 2.11 bits per heavy atom. The number of ketones is 1. The standard InChI is InChI=1S/C13H13BrN2O2/c1-7(5-15)6-16-11-8(2)3-9(14)4-10(11)12(17)13(16)18/h3-4H,1,5-6,15H2,2H3. The van der Waals surface area contributed by atoms with Crippen molar-refractivity contribution in [3.8, 4) is 0 Å². The minimum absolute atomic E-state index is 0.288. The molecule has 0 saturated carbocycles. The van der Waals surface area contributed by atoms with E-state index in [0.29, 0.717) is 23.4 Å². The lowest BCUT2D eigenvalue weighted by atomic mass is 10.1. The number of anilines is 1. The molecule has 0 unspecified atom stereocenters. The van der Waals surface area contributed by atoms with Gasteiger partial charge in [-0.1, -0.05) is 22.5 Å². The van der Waals surface area contributed by atoms with Gasteiger partial charge in [-0.05, 0) is 30.2 Å². The Bertz CT molecular complexity index is 566. The van der Waals surface area contributed by atoms with Gasteiger partial charge in [0.05, 0.1) is 11.3 Å². The molecule has 2 rings (SSSR count). The summed E-state index contributed by atoms with van der Waals surface area (Å²) in [5.74, 6) is -0.986. The van der Waals surface area contributed by atoms with Crippen molar-refractivity contribution in [2.45, 2.75) is 6.92 Å². The second-order valence-corrected chi connectivity index (χ2v) is 5.21. The average molecular weight is 309 g/mol. The van der Waals surface area contributed by atoms with Crippen LogP contribution < -0.4 is 10.6 Å². The van der Waals surface area contributed by atoms with Crippen molar-refractivity contribution in [3.63, 3.8) is 0 Å². The molecule has 5 heteroatoms. The van der Waals surface area contributed by atoms with Crippen LogP contribution in [0.15, 0.2) is 28.8 Å². The summed E-state index contributed by atoms with van der Waals surface area (Å²) in [5.41, 5.74) is 8.19. The Labute approximate surface area is 114 Å². The van der Waals surface area contributed by atoms with Gasteiger partial charge < -0.3 is 10.6 Å². The van der Waals surface area contributed by atoms with Crippen molar-refractivity contribution in [1.29, 1.82) is 0 Å². The number of amides is 1. The predicted octanol–water partition coefficient (Wildman–Crippen LogP) is 1.80. The fourth-order valence-electron chi connectivity index (χ4n) is 2.05. The van der Waals surface area contributed by atoms with Crippen LogP contribution in [-0.4, -0.2) is 24.8 Å². The highest BCUT2D eigenvalue weighted by Crippen LogP contribution is 2.35. The fraction of sp³-hybridized carbons (Fsp3) is 0.231. The van der Waals surface area contributed by atoms with Gasteiger partial charge in [-0.15, -0.1) is 0 Å². The van der Waals surface area contributed by atoms with E-state index in [1.165, 1.54) is 4.90 Å². The second-order valence-electron chi connectivity index (χ2n) is 4.29. The molecule has 1 aliphatic heterocycles. The molecule has 0 spiro atoms. The van der Waals surface area contributed by atoms with Gasteiger partial charge in [0.2, 0.25) is 0 Å². The Balaban J connectivity index is 2.51. The van der Waals surface area contributed by atoms with E-state index in [2.05, 4.69) is 22.5 Å². The zero-order valence-electron chi connectivity index (χ0n) is 10.00. The van der Waals surface area contributed by atoms with Crippen molar-refractivity contribution >= 4 is 33.3 Å². The summed E-state index contributed by atoms with van der Waals surface area (Å²) in [6.45, 7) is 6.23. The van der Waals surface area contributed by atoms with Crippen LogP contribution in [0.4, 0.5) is 5.69 Å². The van der Waals surface area contributed by atoms with Crippen molar-refractivity contribution in [2.24, 2.45) is 5.73 Å². The maximum Gasteiger partial charge on any atom is 0.299 e. The van der Waals surface area contributed by atoms with Crippen molar-refractivity contribution < 1.29 is 9.59 Å². The number of fused-ring (bicyclic) bond motifs is 1. The quantitative estimate of drug-likeness (QED) is 0.684. The minimum Gasteiger partial charge on any atom is -0.327 e. The molecule has 0 saturated heterocycles. The van der Waals surface area contributed by atoms with E-state index in [-0.39, 0.29) is 6.54 Å². The molecule has 0 bridgehead atoms. The second kappa shape index (κ2) is 4.66. The lowest BCUT2D eigenvalue weighted by Crippen LogP contribution is -2.33. The summed E-state index contributed by atoms with van der Waals surface area (Å²) < 4.78 is 0.791. The highest BCUT2D eigenvalue weighted by Gasteiger charge is 2.37. The number of hydrogen-bond donors (Lipinski definition) is 1. The number of benzene rings is 1. The summed E-state index contributed by atoms with van der Waals surface area (Å²) in [4.78, 5) is 25.3. The van der Waals surface area contributed by atoms with Crippen LogP contribution in [0.5, 0.6) is 0 Å². The first-order chi connectivity index (χ1) is 8.45. The summed E-state index contributed by atoms with van der Waals surface area (Å²) in [6.07, 6.45) is 0. The van der Waals surface area contributed by atoms with E-state index < -0.39 is 11.7 Å². The van der Waals surface area contributed by atoms with Crippen LogP contribution in [0.3, 0.4) is 0 Å². The SMILES string of the molecule is C=C(CN)CN1C(=O)C(=O)c2cc(Br)cc(C)c21. The van der Waals surface area contributed by atoms with E-state index in [9.17, 15) is 9.59 Å². The molecule has 1 aliphatic rings. The third-order valence-electron chi connectivity index (χ3n) is 2.89. The topological polar surface area (TPSA) is 63.4 Å². The molecule has 4 nitrogen and oxygen atoms in total. The molecule has 94 valence electrons. The summed E-state index contributed by atoms with van der Waals surface area (Å²) in [5, 5.41) is 0. The molecule has 1 aromatic carbocycles. The Morgan fingerprint density at radius 3 is 2.72 bits per heavy atom. The normalized spacial score (nSPS) is 14.1. The number of carbonyl (C=O) groups excluding carboxylic acids is 2. The van der Waals surface area contributed by atoms with Gasteiger partial charge in [-0.3, -0.25) is 9.59 Å². The molecule has 0 fully saturated rings.